The molecule has 4 aromatic rings. The van der Waals surface area contributed by atoms with Gasteiger partial charge in [-0.3, -0.25) is 14.2 Å². The van der Waals surface area contributed by atoms with Crippen molar-refractivity contribution in [2.45, 2.75) is 18.0 Å². The van der Waals surface area contributed by atoms with Crippen molar-refractivity contribution in [3.63, 3.8) is 0 Å². The van der Waals surface area contributed by atoms with E-state index in [1.165, 1.54) is 28.7 Å². The van der Waals surface area contributed by atoms with Gasteiger partial charge in [-0.05, 0) is 30.0 Å². The van der Waals surface area contributed by atoms with E-state index in [0.29, 0.717) is 15.4 Å². The van der Waals surface area contributed by atoms with Crippen LogP contribution in [0.4, 0.5) is 5.69 Å². The van der Waals surface area contributed by atoms with Crippen molar-refractivity contribution in [1.29, 1.82) is 0 Å². The fourth-order valence-corrected chi connectivity index (χ4v) is 5.85. The van der Waals surface area contributed by atoms with E-state index >= 15 is 0 Å². The van der Waals surface area contributed by atoms with Gasteiger partial charge in [-0.25, -0.2) is 4.98 Å². The summed E-state index contributed by atoms with van der Waals surface area (Å²) in [5, 5.41) is 3.19. The largest absolute Gasteiger partial charge is 0.311 e. The number of anilines is 1. The summed E-state index contributed by atoms with van der Waals surface area (Å²) < 4.78 is 1.56. The Kier molecular flexibility index (Phi) is 5.38. The molecular weight excluding hydrogens is 426 g/mol. The Morgan fingerprint density at radius 1 is 1.13 bits per heavy atom. The van der Waals surface area contributed by atoms with E-state index in [9.17, 15) is 9.59 Å². The lowest BCUT2D eigenvalue weighted by Gasteiger charge is -2.29. The van der Waals surface area contributed by atoms with Crippen molar-refractivity contribution in [2.24, 2.45) is 7.05 Å². The predicted octanol–water partition coefficient (Wildman–Crippen LogP) is 4.73. The molecule has 5 nitrogen and oxygen atoms in total. The lowest BCUT2D eigenvalue weighted by molar-refractivity contribution is -0.116. The van der Waals surface area contributed by atoms with Gasteiger partial charge in [0, 0.05) is 30.2 Å². The first kappa shape index (κ1) is 20.0. The van der Waals surface area contributed by atoms with Crippen LogP contribution >= 0.6 is 23.1 Å². The lowest BCUT2D eigenvalue weighted by atomic mass is 10.0. The van der Waals surface area contributed by atoms with Crippen molar-refractivity contribution in [3.05, 3.63) is 75.9 Å². The number of hydrogen-bond donors (Lipinski definition) is 0. The number of aryl methyl sites for hydroxylation is 1. The normalized spacial score (nSPS) is 13.4. The van der Waals surface area contributed by atoms with E-state index in [-0.39, 0.29) is 17.2 Å². The van der Waals surface area contributed by atoms with Gasteiger partial charge in [0.1, 0.15) is 4.83 Å². The number of fused-ring (bicyclic) bond motifs is 2. The number of rotatable bonds is 4. The van der Waals surface area contributed by atoms with E-state index in [1.807, 2.05) is 58.8 Å². The summed E-state index contributed by atoms with van der Waals surface area (Å²) in [6.45, 7) is 0.729. The zero-order valence-corrected chi connectivity index (χ0v) is 18.7. The van der Waals surface area contributed by atoms with Crippen molar-refractivity contribution >= 4 is 44.9 Å². The topological polar surface area (TPSA) is 55.2 Å². The molecule has 5 rings (SSSR count). The van der Waals surface area contributed by atoms with Crippen LogP contribution in [-0.4, -0.2) is 27.8 Å². The summed E-state index contributed by atoms with van der Waals surface area (Å²) in [7, 11) is 1.73. The molecule has 1 aliphatic rings. The molecule has 0 radical (unpaired) electrons. The Hall–Kier alpha value is -2.90. The summed E-state index contributed by atoms with van der Waals surface area (Å²) in [4.78, 5) is 33.4. The first-order valence-electron chi connectivity index (χ1n) is 10.2. The number of carbonyl (C=O) groups excluding carboxylic acids is 1. The zero-order valence-electron chi connectivity index (χ0n) is 17.1. The average molecular weight is 448 g/mol. The van der Waals surface area contributed by atoms with Gasteiger partial charge >= 0.3 is 0 Å². The summed E-state index contributed by atoms with van der Waals surface area (Å²) in [6.07, 6.45) is 1.97. The Balaban J connectivity index is 1.41. The highest BCUT2D eigenvalue weighted by Gasteiger charge is 2.23. The van der Waals surface area contributed by atoms with Gasteiger partial charge in [0.05, 0.1) is 11.1 Å². The third kappa shape index (κ3) is 3.68. The first-order chi connectivity index (χ1) is 15.1. The minimum absolute atomic E-state index is 0.0441. The Labute approximate surface area is 188 Å². The smallest absolute Gasteiger partial charge is 0.263 e. The second kappa shape index (κ2) is 8.32. The van der Waals surface area contributed by atoms with Gasteiger partial charge in [0.2, 0.25) is 5.91 Å². The van der Waals surface area contributed by atoms with Gasteiger partial charge < -0.3 is 4.90 Å². The molecule has 0 N–H and O–H groups in total. The molecule has 2 aromatic carbocycles. The van der Waals surface area contributed by atoms with Gasteiger partial charge in [0.15, 0.2) is 5.16 Å². The van der Waals surface area contributed by atoms with Crippen LogP contribution in [0.3, 0.4) is 0 Å². The highest BCUT2D eigenvalue weighted by molar-refractivity contribution is 7.99. The average Bonchev–Trinajstić information content (AvgIpc) is 3.24. The second-order valence-corrected chi connectivity index (χ2v) is 9.32. The van der Waals surface area contributed by atoms with Crippen molar-refractivity contribution in [2.75, 3.05) is 17.2 Å². The molecule has 1 aliphatic heterocycles. The van der Waals surface area contributed by atoms with Gasteiger partial charge in [0.25, 0.3) is 5.56 Å². The van der Waals surface area contributed by atoms with Crippen LogP contribution in [0.2, 0.25) is 0 Å². The summed E-state index contributed by atoms with van der Waals surface area (Å²) >= 11 is 2.79. The number of nitrogens with zero attached hydrogens (tertiary/aromatic N) is 3. The van der Waals surface area contributed by atoms with Crippen molar-refractivity contribution in [1.82, 2.24) is 9.55 Å². The van der Waals surface area contributed by atoms with Crippen LogP contribution in [0.5, 0.6) is 0 Å². The number of carbonyl (C=O) groups is 1. The molecule has 3 heterocycles. The van der Waals surface area contributed by atoms with E-state index < -0.39 is 0 Å². The van der Waals surface area contributed by atoms with E-state index in [0.717, 1.165) is 36.2 Å². The number of benzene rings is 2. The number of thiophene rings is 1. The van der Waals surface area contributed by atoms with Crippen LogP contribution < -0.4 is 10.5 Å². The van der Waals surface area contributed by atoms with Gasteiger partial charge in [-0.1, -0.05) is 60.3 Å². The minimum atomic E-state index is -0.0802. The first-order valence-corrected chi connectivity index (χ1v) is 12.0. The number of hydrogen-bond acceptors (Lipinski definition) is 5. The van der Waals surface area contributed by atoms with E-state index in [2.05, 4.69) is 6.07 Å². The molecule has 0 saturated heterocycles. The van der Waals surface area contributed by atoms with Gasteiger partial charge in [-0.15, -0.1) is 11.3 Å². The highest BCUT2D eigenvalue weighted by atomic mass is 32.2. The maximum atomic E-state index is 13.1. The number of amides is 1. The maximum Gasteiger partial charge on any atom is 0.263 e. The molecule has 0 spiro atoms. The second-order valence-electron chi connectivity index (χ2n) is 7.52. The Bertz CT molecular complexity index is 1330. The maximum absolute atomic E-state index is 13.1. The Morgan fingerprint density at radius 3 is 2.74 bits per heavy atom. The fourth-order valence-electron chi connectivity index (χ4n) is 4.01. The molecule has 0 aliphatic carbocycles. The van der Waals surface area contributed by atoms with E-state index in [1.54, 1.807) is 11.6 Å². The SMILES string of the molecule is Cn1c(SCC(=O)N2CCCc3ccccc32)nc2scc(-c3ccccc3)c2c1=O. The van der Waals surface area contributed by atoms with Crippen LogP contribution in [0.1, 0.15) is 12.0 Å². The fraction of sp³-hybridized carbons (Fsp3) is 0.208. The number of thioether (sulfide) groups is 1. The zero-order chi connectivity index (χ0) is 21.4. The monoisotopic (exact) mass is 447 g/mol. The predicted molar refractivity (Wildman–Crippen MR) is 128 cm³/mol. The number of para-hydroxylation sites is 1. The van der Waals surface area contributed by atoms with Crippen molar-refractivity contribution < 1.29 is 4.79 Å². The molecule has 156 valence electrons. The molecule has 31 heavy (non-hydrogen) atoms. The molecule has 0 unspecified atom stereocenters. The third-order valence-electron chi connectivity index (χ3n) is 5.60. The van der Waals surface area contributed by atoms with Crippen LogP contribution in [0.15, 0.2) is 69.9 Å². The molecule has 0 fully saturated rings. The molecule has 0 saturated carbocycles. The summed E-state index contributed by atoms with van der Waals surface area (Å²) in [5.41, 5.74) is 4.05. The molecule has 7 heteroatoms. The van der Waals surface area contributed by atoms with Gasteiger partial charge in [-0.2, -0.15) is 0 Å². The highest BCUT2D eigenvalue weighted by Crippen LogP contribution is 2.32. The Morgan fingerprint density at radius 2 is 1.90 bits per heavy atom. The quantitative estimate of drug-likeness (QED) is 0.335. The van der Waals surface area contributed by atoms with Crippen LogP contribution in [0.25, 0.3) is 21.3 Å². The molecular formula is C24H21N3O2S2. The third-order valence-corrected chi connectivity index (χ3v) is 7.48. The van der Waals surface area contributed by atoms with Crippen molar-refractivity contribution in [3.8, 4) is 11.1 Å². The van der Waals surface area contributed by atoms with Crippen LogP contribution in [0, 0.1) is 0 Å². The number of aromatic nitrogens is 2. The molecule has 2 aromatic heterocycles. The van der Waals surface area contributed by atoms with Crippen LogP contribution in [-0.2, 0) is 18.3 Å². The summed E-state index contributed by atoms with van der Waals surface area (Å²) in [6, 6.07) is 18.0. The van der Waals surface area contributed by atoms with E-state index in [4.69, 9.17) is 4.98 Å². The molecule has 1 amide bonds. The standard InChI is InChI=1S/C24H21N3O2S2/c1-26-23(29)21-18(16-8-3-2-4-9-16)14-30-22(21)25-24(26)31-15-20(28)27-13-7-11-17-10-5-6-12-19(17)27/h2-6,8-10,12,14H,7,11,13,15H2,1H3. The summed E-state index contributed by atoms with van der Waals surface area (Å²) in [5.74, 6) is 0.291. The minimum Gasteiger partial charge on any atom is -0.311 e. The lowest BCUT2D eigenvalue weighted by Crippen LogP contribution is -2.36. The molecule has 0 bridgehead atoms. The molecule has 0 atom stereocenters.